The number of carbonyl (C=O) groups is 1. The molecule has 0 bridgehead atoms. The topological polar surface area (TPSA) is 26.3 Å². The lowest BCUT2D eigenvalue weighted by molar-refractivity contribution is -0.154. The quantitative estimate of drug-likeness (QED) is 0.574. The third-order valence-electron chi connectivity index (χ3n) is 9.58. The summed E-state index contributed by atoms with van der Waals surface area (Å²) < 4.78 is 5.65. The zero-order chi connectivity index (χ0) is 17.8. The molecule has 4 fully saturated rings. The van der Waals surface area contributed by atoms with Crippen molar-refractivity contribution in [2.75, 3.05) is 0 Å². The zero-order valence-corrected chi connectivity index (χ0v) is 16.9. The highest BCUT2D eigenvalue weighted by Gasteiger charge is 2.60. The van der Waals surface area contributed by atoms with E-state index in [0.717, 1.165) is 23.7 Å². The number of hydrogen-bond donors (Lipinski definition) is 0. The lowest BCUT2D eigenvalue weighted by Crippen LogP contribution is -2.53. The van der Waals surface area contributed by atoms with Crippen molar-refractivity contribution >= 4 is 5.97 Å². The van der Waals surface area contributed by atoms with Gasteiger partial charge in [-0.15, -0.1) is 0 Å². The maximum Gasteiger partial charge on any atom is 0.302 e. The second-order valence-corrected chi connectivity index (χ2v) is 10.4. The first-order chi connectivity index (χ1) is 11.9. The number of esters is 1. The van der Waals surface area contributed by atoms with Gasteiger partial charge in [0.05, 0.1) is 0 Å². The molecule has 0 amide bonds. The molecule has 0 unspecified atom stereocenters. The maximum absolute atomic E-state index is 11.5. The zero-order valence-electron chi connectivity index (χ0n) is 16.9. The van der Waals surface area contributed by atoms with Crippen molar-refractivity contribution in [2.45, 2.75) is 98.0 Å². The average Bonchev–Trinajstić information content (AvgIpc) is 2.91. The molecule has 4 aliphatic carbocycles. The molecule has 142 valence electrons. The van der Waals surface area contributed by atoms with Crippen molar-refractivity contribution < 1.29 is 9.53 Å². The predicted octanol–water partition coefficient (Wildman–Crippen LogP) is 5.99. The third-order valence-corrected chi connectivity index (χ3v) is 9.58. The summed E-state index contributed by atoms with van der Waals surface area (Å²) in [6.45, 7) is 8.91. The van der Waals surface area contributed by atoms with Gasteiger partial charge in [-0.05, 0) is 92.8 Å². The maximum atomic E-state index is 11.5. The van der Waals surface area contributed by atoms with Crippen LogP contribution in [0.1, 0.15) is 91.9 Å². The van der Waals surface area contributed by atoms with Crippen molar-refractivity contribution in [3.63, 3.8) is 0 Å². The fourth-order valence-corrected chi connectivity index (χ4v) is 8.45. The van der Waals surface area contributed by atoms with Gasteiger partial charge >= 0.3 is 5.97 Å². The molecule has 25 heavy (non-hydrogen) atoms. The normalized spacial score (nSPS) is 50.3. The number of hydrogen-bond acceptors (Lipinski definition) is 2. The fraction of sp³-hybridized carbons (Fsp3) is 0.957. The molecule has 0 aliphatic heterocycles. The van der Waals surface area contributed by atoms with Gasteiger partial charge in [0.25, 0.3) is 0 Å². The van der Waals surface area contributed by atoms with Crippen LogP contribution in [-0.4, -0.2) is 12.1 Å². The Morgan fingerprint density at radius 1 is 0.920 bits per heavy atom. The fourth-order valence-electron chi connectivity index (χ4n) is 8.45. The molecule has 0 heterocycles. The molecular weight excluding hydrogens is 308 g/mol. The van der Waals surface area contributed by atoms with E-state index in [1.807, 2.05) is 0 Å². The van der Waals surface area contributed by atoms with Crippen LogP contribution in [0, 0.1) is 40.4 Å². The molecule has 0 radical (unpaired) electrons. The third kappa shape index (κ3) is 2.69. The number of rotatable bonds is 2. The van der Waals surface area contributed by atoms with Crippen molar-refractivity contribution in [1.82, 2.24) is 0 Å². The first kappa shape index (κ1) is 17.9. The second-order valence-electron chi connectivity index (χ2n) is 10.4. The van der Waals surface area contributed by atoms with Gasteiger partial charge in [-0.2, -0.15) is 0 Å². The van der Waals surface area contributed by atoms with E-state index in [1.165, 1.54) is 64.2 Å². The highest BCUT2D eigenvalue weighted by Crippen LogP contribution is 2.67. The van der Waals surface area contributed by atoms with E-state index in [1.54, 1.807) is 6.92 Å². The minimum Gasteiger partial charge on any atom is -0.463 e. The monoisotopic (exact) mass is 346 g/mol. The van der Waals surface area contributed by atoms with E-state index < -0.39 is 0 Å². The van der Waals surface area contributed by atoms with Crippen LogP contribution in [0.2, 0.25) is 0 Å². The molecule has 4 aliphatic rings. The Kier molecular flexibility index (Phi) is 4.48. The Balaban J connectivity index is 1.56. The Morgan fingerprint density at radius 2 is 1.68 bits per heavy atom. The Morgan fingerprint density at radius 3 is 2.44 bits per heavy atom. The summed E-state index contributed by atoms with van der Waals surface area (Å²) in [7, 11) is 0. The van der Waals surface area contributed by atoms with Crippen LogP contribution >= 0.6 is 0 Å². The minimum atomic E-state index is -0.108. The Bertz CT molecular complexity index is 528. The van der Waals surface area contributed by atoms with E-state index in [4.69, 9.17) is 4.74 Å². The molecule has 4 saturated carbocycles. The van der Waals surface area contributed by atoms with Crippen molar-refractivity contribution in [3.05, 3.63) is 0 Å². The van der Waals surface area contributed by atoms with E-state index in [2.05, 4.69) is 20.8 Å². The molecule has 8 atom stereocenters. The average molecular weight is 347 g/mol. The Labute approximate surface area is 154 Å². The lowest BCUT2D eigenvalue weighted by atomic mass is 9.45. The van der Waals surface area contributed by atoms with Crippen molar-refractivity contribution in [1.29, 1.82) is 0 Å². The van der Waals surface area contributed by atoms with Crippen LogP contribution in [-0.2, 0) is 9.53 Å². The second kappa shape index (κ2) is 6.27. The molecule has 0 saturated heterocycles. The van der Waals surface area contributed by atoms with Gasteiger partial charge in [0, 0.05) is 12.8 Å². The van der Waals surface area contributed by atoms with Gasteiger partial charge in [-0.1, -0.05) is 26.7 Å². The smallest absolute Gasteiger partial charge is 0.302 e. The molecule has 0 aromatic carbocycles. The highest BCUT2D eigenvalue weighted by atomic mass is 16.5. The summed E-state index contributed by atoms with van der Waals surface area (Å²) in [6.07, 6.45) is 14.4. The van der Waals surface area contributed by atoms with Crippen LogP contribution in [0.4, 0.5) is 0 Å². The van der Waals surface area contributed by atoms with Crippen molar-refractivity contribution in [2.24, 2.45) is 40.4 Å². The standard InChI is InChI=1S/C23H38O2/c1-15(25-16(2)24)19-10-11-20-18-9-8-17-7-5-6-13-22(17,3)21(18)12-14-23(19,20)4/h15,17-21H,5-14H2,1-4H3/t15-,17-,18+,19+,20-,21+,22+,23-/m1/s1. The molecule has 0 aromatic rings. The van der Waals surface area contributed by atoms with Gasteiger partial charge in [-0.3, -0.25) is 4.79 Å². The predicted molar refractivity (Wildman–Crippen MR) is 101 cm³/mol. The van der Waals surface area contributed by atoms with Crippen molar-refractivity contribution in [3.8, 4) is 0 Å². The van der Waals surface area contributed by atoms with Crippen LogP contribution < -0.4 is 0 Å². The molecular formula is C23H38O2. The first-order valence-electron chi connectivity index (χ1n) is 11.0. The van der Waals surface area contributed by atoms with Crippen LogP contribution in [0.25, 0.3) is 0 Å². The van der Waals surface area contributed by atoms with E-state index >= 15 is 0 Å². The van der Waals surface area contributed by atoms with Gasteiger partial charge < -0.3 is 4.74 Å². The van der Waals surface area contributed by atoms with Gasteiger partial charge in [0.15, 0.2) is 0 Å². The van der Waals surface area contributed by atoms with Gasteiger partial charge in [0.2, 0.25) is 0 Å². The molecule has 0 aromatic heterocycles. The molecule has 4 rings (SSSR count). The molecule has 0 N–H and O–H groups in total. The van der Waals surface area contributed by atoms with Crippen LogP contribution in [0.3, 0.4) is 0 Å². The molecule has 2 heteroatoms. The number of ether oxygens (including phenoxy) is 1. The van der Waals surface area contributed by atoms with E-state index in [-0.39, 0.29) is 12.1 Å². The van der Waals surface area contributed by atoms with Gasteiger partial charge in [0.1, 0.15) is 6.10 Å². The summed E-state index contributed by atoms with van der Waals surface area (Å²) in [5, 5.41) is 0. The lowest BCUT2D eigenvalue weighted by Gasteiger charge is -2.60. The van der Waals surface area contributed by atoms with E-state index in [9.17, 15) is 4.79 Å². The Hall–Kier alpha value is -0.530. The summed E-state index contributed by atoms with van der Waals surface area (Å²) >= 11 is 0. The minimum absolute atomic E-state index is 0.0886. The number of fused-ring (bicyclic) bond motifs is 5. The summed E-state index contributed by atoms with van der Waals surface area (Å²) in [6, 6.07) is 0. The summed E-state index contributed by atoms with van der Waals surface area (Å²) in [5.74, 6) is 4.24. The van der Waals surface area contributed by atoms with Crippen LogP contribution in [0.5, 0.6) is 0 Å². The number of carbonyl (C=O) groups excluding carboxylic acids is 1. The molecule has 0 spiro atoms. The SMILES string of the molecule is CC(=O)O[C@H](C)[C@@H]1CC[C@@H]2[C@@H]3CC[C@H]4CCCC[C@]4(C)[C@H]3CC[C@@]21C. The van der Waals surface area contributed by atoms with E-state index in [0.29, 0.717) is 16.7 Å². The first-order valence-corrected chi connectivity index (χ1v) is 11.0. The van der Waals surface area contributed by atoms with Crippen LogP contribution in [0.15, 0.2) is 0 Å². The largest absolute Gasteiger partial charge is 0.463 e. The highest BCUT2D eigenvalue weighted by molar-refractivity contribution is 5.66. The molecule has 2 nitrogen and oxygen atoms in total. The summed E-state index contributed by atoms with van der Waals surface area (Å²) in [5.41, 5.74) is 1.02. The van der Waals surface area contributed by atoms with Gasteiger partial charge in [-0.25, -0.2) is 0 Å². The summed E-state index contributed by atoms with van der Waals surface area (Å²) in [4.78, 5) is 11.5.